The van der Waals surface area contributed by atoms with Gasteiger partial charge in [-0.1, -0.05) is 206 Å². The Morgan fingerprint density at radius 3 is 1.62 bits per heavy atom. The second-order valence-corrected chi connectivity index (χ2v) is 17.1. The van der Waals surface area contributed by atoms with Crippen molar-refractivity contribution in [3.8, 4) is 33.4 Å². The summed E-state index contributed by atoms with van der Waals surface area (Å²) in [6, 6.07) is 90.7. The van der Waals surface area contributed by atoms with Crippen LogP contribution < -0.4 is 4.90 Å². The predicted molar refractivity (Wildman–Crippen MR) is 272 cm³/mol. The number of nitrogens with zero attached hydrogens (tertiary/aromatic N) is 1. The van der Waals surface area contributed by atoms with Gasteiger partial charge in [0, 0.05) is 16.8 Å². The van der Waals surface area contributed by atoms with Crippen LogP contribution in [-0.4, -0.2) is 0 Å². The Morgan fingerprint density at radius 1 is 0.323 bits per heavy atom. The molecule has 0 aliphatic heterocycles. The maximum Gasteiger partial charge on any atom is 0.137 e. The summed E-state index contributed by atoms with van der Waals surface area (Å²) in [6.45, 7) is 0. The van der Waals surface area contributed by atoms with Crippen LogP contribution in [0.4, 0.5) is 17.1 Å². The molecule has 65 heavy (non-hydrogen) atoms. The molecular formula is C63H41NO. The standard InChI is InChI=1S/C63H41NO/c1-4-17-42(18-5-1)50-28-14-20-45-21-15-29-51(60(45)50)44-33-36-48(37-34-44)64(57-31-16-32-58-62(57)61-52-26-11-10-19-43(52)35-40-59(61)65-58)49-38-39-56-54(41-49)53-27-12-13-30-55(53)63(56,46-22-6-2-7-23-46)47-24-8-3-9-25-47/h1-41H. The molecule has 0 atom stereocenters. The second-order valence-electron chi connectivity index (χ2n) is 17.1. The molecule has 0 fully saturated rings. The van der Waals surface area contributed by atoms with Crippen LogP contribution in [0, 0.1) is 0 Å². The fourth-order valence-corrected chi connectivity index (χ4v) is 11.0. The van der Waals surface area contributed by atoms with E-state index in [4.69, 9.17) is 4.42 Å². The van der Waals surface area contributed by atoms with E-state index in [1.807, 2.05) is 0 Å². The zero-order valence-electron chi connectivity index (χ0n) is 35.5. The third-order valence-electron chi connectivity index (χ3n) is 13.7. The minimum atomic E-state index is -0.490. The predicted octanol–water partition coefficient (Wildman–Crippen LogP) is 17.1. The minimum Gasteiger partial charge on any atom is -0.456 e. The molecule has 0 saturated carbocycles. The SMILES string of the molecule is c1ccc(-c2cccc3cccc(-c4ccc(N(c5ccc6c(c5)-c5ccccc5C6(c5ccccc5)c5ccccc5)c5cccc6oc7ccc8ccccc8c7c56)cc4)c23)cc1. The van der Waals surface area contributed by atoms with Crippen LogP contribution in [0.15, 0.2) is 253 Å². The quantitative estimate of drug-likeness (QED) is 0.159. The molecule has 0 radical (unpaired) electrons. The fraction of sp³-hybridized carbons (Fsp3) is 0.0159. The zero-order chi connectivity index (χ0) is 42.9. The highest BCUT2D eigenvalue weighted by Crippen LogP contribution is 2.57. The highest BCUT2D eigenvalue weighted by Gasteiger charge is 2.46. The molecule has 11 aromatic carbocycles. The van der Waals surface area contributed by atoms with Crippen molar-refractivity contribution >= 4 is 60.5 Å². The van der Waals surface area contributed by atoms with Crippen LogP contribution in [0.25, 0.3) is 76.9 Å². The summed E-state index contributed by atoms with van der Waals surface area (Å²) in [5.41, 5.74) is 16.8. The Bertz CT molecular complexity index is 3710. The van der Waals surface area contributed by atoms with Crippen molar-refractivity contribution in [2.24, 2.45) is 0 Å². The van der Waals surface area contributed by atoms with Gasteiger partial charge in [-0.15, -0.1) is 0 Å². The van der Waals surface area contributed by atoms with Crippen LogP contribution in [-0.2, 0) is 5.41 Å². The molecular weight excluding hydrogens is 787 g/mol. The number of hydrogen-bond donors (Lipinski definition) is 0. The van der Waals surface area contributed by atoms with Gasteiger partial charge in [-0.05, 0) is 120 Å². The molecule has 0 amide bonds. The van der Waals surface area contributed by atoms with Crippen molar-refractivity contribution in [1.29, 1.82) is 0 Å². The lowest BCUT2D eigenvalue weighted by Crippen LogP contribution is -2.28. The maximum absolute atomic E-state index is 6.71. The number of benzene rings is 11. The van der Waals surface area contributed by atoms with E-state index >= 15 is 0 Å². The van der Waals surface area contributed by atoms with E-state index in [1.165, 1.54) is 77.2 Å². The highest BCUT2D eigenvalue weighted by molar-refractivity contribution is 6.23. The number of anilines is 3. The monoisotopic (exact) mass is 827 g/mol. The first-order valence-electron chi connectivity index (χ1n) is 22.4. The first kappa shape index (κ1) is 37.1. The summed E-state index contributed by atoms with van der Waals surface area (Å²) in [5.74, 6) is 0. The minimum absolute atomic E-state index is 0.490. The molecule has 0 N–H and O–H groups in total. The molecule has 304 valence electrons. The molecule has 1 aliphatic rings. The molecule has 1 heterocycles. The molecule has 13 rings (SSSR count). The van der Waals surface area contributed by atoms with Gasteiger partial charge >= 0.3 is 0 Å². The molecule has 12 aromatic rings. The first-order valence-corrected chi connectivity index (χ1v) is 22.4. The third-order valence-corrected chi connectivity index (χ3v) is 13.7. The maximum atomic E-state index is 6.71. The van der Waals surface area contributed by atoms with Crippen LogP contribution >= 0.6 is 0 Å². The number of furan rings is 1. The molecule has 2 nitrogen and oxygen atoms in total. The van der Waals surface area contributed by atoms with E-state index in [-0.39, 0.29) is 0 Å². The van der Waals surface area contributed by atoms with E-state index in [1.54, 1.807) is 0 Å². The summed E-state index contributed by atoms with van der Waals surface area (Å²) >= 11 is 0. The third kappa shape index (κ3) is 5.67. The van der Waals surface area contributed by atoms with Gasteiger partial charge in [-0.3, -0.25) is 0 Å². The second kappa shape index (κ2) is 14.8. The van der Waals surface area contributed by atoms with Crippen LogP contribution in [0.5, 0.6) is 0 Å². The van der Waals surface area contributed by atoms with Gasteiger partial charge < -0.3 is 9.32 Å². The van der Waals surface area contributed by atoms with Gasteiger partial charge in [0.05, 0.1) is 16.5 Å². The summed E-state index contributed by atoms with van der Waals surface area (Å²) in [5, 5.41) is 7.05. The molecule has 0 spiro atoms. The molecule has 1 aliphatic carbocycles. The van der Waals surface area contributed by atoms with Crippen LogP contribution in [0.2, 0.25) is 0 Å². The van der Waals surface area contributed by atoms with Crippen molar-refractivity contribution in [2.75, 3.05) is 4.90 Å². The van der Waals surface area contributed by atoms with Crippen molar-refractivity contribution in [2.45, 2.75) is 5.41 Å². The first-order chi connectivity index (χ1) is 32.3. The lowest BCUT2D eigenvalue weighted by atomic mass is 9.68. The van der Waals surface area contributed by atoms with E-state index in [0.717, 1.165) is 39.0 Å². The van der Waals surface area contributed by atoms with Gasteiger partial charge in [0.25, 0.3) is 0 Å². The highest BCUT2D eigenvalue weighted by atomic mass is 16.3. The van der Waals surface area contributed by atoms with Crippen molar-refractivity contribution in [3.63, 3.8) is 0 Å². The lowest BCUT2D eigenvalue weighted by Gasteiger charge is -2.34. The van der Waals surface area contributed by atoms with Crippen molar-refractivity contribution < 1.29 is 4.42 Å². The van der Waals surface area contributed by atoms with Gasteiger partial charge in [0.15, 0.2) is 0 Å². The largest absolute Gasteiger partial charge is 0.456 e. The Morgan fingerprint density at radius 2 is 0.877 bits per heavy atom. The normalized spacial score (nSPS) is 12.7. The smallest absolute Gasteiger partial charge is 0.137 e. The molecule has 1 aromatic heterocycles. The Kier molecular flexibility index (Phi) is 8.47. The fourth-order valence-electron chi connectivity index (χ4n) is 11.0. The van der Waals surface area contributed by atoms with E-state index in [2.05, 4.69) is 254 Å². The molecule has 0 unspecified atom stereocenters. The zero-order valence-corrected chi connectivity index (χ0v) is 35.5. The van der Waals surface area contributed by atoms with Crippen molar-refractivity contribution in [1.82, 2.24) is 0 Å². The summed E-state index contributed by atoms with van der Waals surface area (Å²) in [7, 11) is 0. The number of fused-ring (bicyclic) bond motifs is 9. The average molecular weight is 828 g/mol. The van der Waals surface area contributed by atoms with Gasteiger partial charge in [-0.2, -0.15) is 0 Å². The van der Waals surface area contributed by atoms with Gasteiger partial charge in [-0.25, -0.2) is 0 Å². The molecule has 0 bridgehead atoms. The Hall–Kier alpha value is -8.46. The van der Waals surface area contributed by atoms with E-state index < -0.39 is 5.41 Å². The summed E-state index contributed by atoms with van der Waals surface area (Å²) < 4.78 is 6.71. The van der Waals surface area contributed by atoms with Crippen LogP contribution in [0.1, 0.15) is 22.3 Å². The Labute approximate surface area is 377 Å². The van der Waals surface area contributed by atoms with E-state index in [0.29, 0.717) is 0 Å². The number of rotatable bonds is 7. The van der Waals surface area contributed by atoms with E-state index in [9.17, 15) is 0 Å². The Balaban J connectivity index is 1.06. The summed E-state index contributed by atoms with van der Waals surface area (Å²) in [6.07, 6.45) is 0. The van der Waals surface area contributed by atoms with Crippen LogP contribution in [0.3, 0.4) is 0 Å². The van der Waals surface area contributed by atoms with Gasteiger partial charge in [0.2, 0.25) is 0 Å². The topological polar surface area (TPSA) is 16.4 Å². The lowest BCUT2D eigenvalue weighted by molar-refractivity contribution is 0.669. The average Bonchev–Trinajstić information content (AvgIpc) is 3.92. The van der Waals surface area contributed by atoms with Gasteiger partial charge in [0.1, 0.15) is 11.2 Å². The van der Waals surface area contributed by atoms with Crippen molar-refractivity contribution in [3.05, 3.63) is 271 Å². The molecule has 2 heteroatoms. The molecule has 0 saturated heterocycles. The summed E-state index contributed by atoms with van der Waals surface area (Å²) in [4.78, 5) is 2.44. The number of hydrogen-bond acceptors (Lipinski definition) is 2.